The van der Waals surface area contributed by atoms with Crippen molar-refractivity contribution in [1.82, 2.24) is 9.97 Å². The number of thiazole rings is 1. The Balaban J connectivity index is 2.15. The van der Waals surface area contributed by atoms with E-state index in [-0.39, 0.29) is 11.5 Å². The van der Waals surface area contributed by atoms with Crippen LogP contribution in [0.2, 0.25) is 0 Å². The summed E-state index contributed by atoms with van der Waals surface area (Å²) in [6.45, 7) is 8.69. The number of aryl methyl sites for hydroxylation is 1. The molecule has 2 heterocycles. The predicted octanol–water partition coefficient (Wildman–Crippen LogP) is 3.64. The Bertz CT molecular complexity index is 569. The molecule has 3 nitrogen and oxygen atoms in total. The third-order valence-electron chi connectivity index (χ3n) is 3.44. The van der Waals surface area contributed by atoms with E-state index in [1.807, 2.05) is 18.5 Å². The Morgan fingerprint density at radius 3 is 2.70 bits per heavy atom. The van der Waals surface area contributed by atoms with Gasteiger partial charge in [-0.3, -0.25) is 4.98 Å². The normalized spacial score (nSPS) is 13.4. The molecule has 0 aliphatic rings. The Kier molecular flexibility index (Phi) is 4.55. The van der Waals surface area contributed by atoms with Crippen LogP contribution in [0.25, 0.3) is 0 Å². The first-order valence-electron chi connectivity index (χ1n) is 7.05. The van der Waals surface area contributed by atoms with Crippen LogP contribution in [0.3, 0.4) is 0 Å². The number of hydrogen-bond donors (Lipinski definition) is 1. The van der Waals surface area contributed by atoms with Gasteiger partial charge in [0.2, 0.25) is 0 Å². The van der Waals surface area contributed by atoms with Crippen molar-refractivity contribution in [2.45, 2.75) is 52.0 Å². The van der Waals surface area contributed by atoms with Gasteiger partial charge in [-0.05, 0) is 23.6 Å². The number of pyridine rings is 1. The van der Waals surface area contributed by atoms with Gasteiger partial charge in [0, 0.05) is 35.7 Å². The summed E-state index contributed by atoms with van der Waals surface area (Å²) in [5.41, 5.74) is 10.0. The standard InChI is InChI=1S/C16H23N3S/c1-5-11-9-18-7-6-12(11)13(17)8-15-19-14(10-20-15)16(2,3)4/h6-7,9-10,13H,5,8,17H2,1-4H3. The zero-order valence-electron chi connectivity index (χ0n) is 12.7. The molecular weight excluding hydrogens is 266 g/mol. The molecule has 0 saturated heterocycles. The third-order valence-corrected chi connectivity index (χ3v) is 4.31. The van der Waals surface area contributed by atoms with E-state index in [9.17, 15) is 0 Å². The van der Waals surface area contributed by atoms with E-state index in [1.165, 1.54) is 11.1 Å². The molecule has 0 aliphatic heterocycles. The Labute approximate surface area is 125 Å². The number of nitrogens with zero attached hydrogens (tertiary/aromatic N) is 2. The van der Waals surface area contributed by atoms with E-state index in [2.05, 4.69) is 38.1 Å². The fourth-order valence-corrected chi connectivity index (χ4v) is 3.22. The van der Waals surface area contributed by atoms with Crippen molar-refractivity contribution in [3.63, 3.8) is 0 Å². The predicted molar refractivity (Wildman–Crippen MR) is 85.1 cm³/mol. The summed E-state index contributed by atoms with van der Waals surface area (Å²) in [6, 6.07) is 2.02. The number of aromatic nitrogens is 2. The molecule has 0 saturated carbocycles. The molecule has 1 atom stereocenters. The highest BCUT2D eigenvalue weighted by molar-refractivity contribution is 7.09. The molecule has 0 aliphatic carbocycles. The first-order chi connectivity index (χ1) is 9.41. The van der Waals surface area contributed by atoms with E-state index in [0.717, 1.165) is 23.5 Å². The third kappa shape index (κ3) is 3.44. The molecule has 0 aromatic carbocycles. The summed E-state index contributed by atoms with van der Waals surface area (Å²) >= 11 is 1.71. The van der Waals surface area contributed by atoms with Crippen LogP contribution in [0.4, 0.5) is 0 Å². The minimum Gasteiger partial charge on any atom is -0.324 e. The summed E-state index contributed by atoms with van der Waals surface area (Å²) in [6.07, 6.45) is 5.48. The largest absolute Gasteiger partial charge is 0.324 e. The topological polar surface area (TPSA) is 51.8 Å². The summed E-state index contributed by atoms with van der Waals surface area (Å²) < 4.78 is 0. The maximum Gasteiger partial charge on any atom is 0.0947 e. The SMILES string of the molecule is CCc1cnccc1C(N)Cc1nc(C(C)(C)C)cs1. The quantitative estimate of drug-likeness (QED) is 0.935. The van der Waals surface area contributed by atoms with Crippen LogP contribution in [-0.4, -0.2) is 9.97 Å². The zero-order valence-corrected chi connectivity index (χ0v) is 13.5. The maximum atomic E-state index is 6.36. The van der Waals surface area contributed by atoms with Crippen molar-refractivity contribution in [2.75, 3.05) is 0 Å². The molecule has 1 unspecified atom stereocenters. The number of rotatable bonds is 4. The van der Waals surface area contributed by atoms with Crippen molar-refractivity contribution >= 4 is 11.3 Å². The average molecular weight is 289 g/mol. The first-order valence-corrected chi connectivity index (χ1v) is 7.93. The van der Waals surface area contributed by atoms with Crippen molar-refractivity contribution < 1.29 is 0 Å². The molecule has 0 bridgehead atoms. The van der Waals surface area contributed by atoms with Gasteiger partial charge in [0.1, 0.15) is 0 Å². The monoisotopic (exact) mass is 289 g/mol. The van der Waals surface area contributed by atoms with Gasteiger partial charge in [-0.25, -0.2) is 4.98 Å². The lowest BCUT2D eigenvalue weighted by atomic mass is 9.93. The zero-order chi connectivity index (χ0) is 14.8. The van der Waals surface area contributed by atoms with Gasteiger partial charge in [-0.2, -0.15) is 0 Å². The molecule has 0 fully saturated rings. The molecule has 4 heteroatoms. The van der Waals surface area contributed by atoms with Crippen molar-refractivity contribution in [2.24, 2.45) is 5.73 Å². The van der Waals surface area contributed by atoms with Gasteiger partial charge < -0.3 is 5.73 Å². The smallest absolute Gasteiger partial charge is 0.0947 e. The summed E-state index contributed by atoms with van der Waals surface area (Å²) in [4.78, 5) is 8.90. The van der Waals surface area contributed by atoms with Gasteiger partial charge in [0.05, 0.1) is 10.7 Å². The highest BCUT2D eigenvalue weighted by atomic mass is 32.1. The lowest BCUT2D eigenvalue weighted by molar-refractivity contribution is 0.569. The second-order valence-corrected chi connectivity index (χ2v) is 7.06. The van der Waals surface area contributed by atoms with Crippen molar-refractivity contribution in [1.29, 1.82) is 0 Å². The van der Waals surface area contributed by atoms with Crippen molar-refractivity contribution in [3.05, 3.63) is 45.7 Å². The molecule has 20 heavy (non-hydrogen) atoms. The van der Waals surface area contributed by atoms with Crippen LogP contribution in [0, 0.1) is 0 Å². The van der Waals surface area contributed by atoms with Crippen LogP contribution < -0.4 is 5.73 Å². The second-order valence-electron chi connectivity index (χ2n) is 6.12. The lowest BCUT2D eigenvalue weighted by Crippen LogP contribution is -2.16. The van der Waals surface area contributed by atoms with Gasteiger partial charge >= 0.3 is 0 Å². The molecule has 0 radical (unpaired) electrons. The molecular formula is C16H23N3S. The van der Waals surface area contributed by atoms with E-state index in [1.54, 1.807) is 11.3 Å². The molecule has 108 valence electrons. The van der Waals surface area contributed by atoms with Gasteiger partial charge in [0.25, 0.3) is 0 Å². The van der Waals surface area contributed by atoms with Crippen LogP contribution in [0.5, 0.6) is 0 Å². The van der Waals surface area contributed by atoms with Crippen LogP contribution in [-0.2, 0) is 18.3 Å². The molecule has 2 aromatic heterocycles. The Hall–Kier alpha value is -1.26. The van der Waals surface area contributed by atoms with Crippen LogP contribution in [0.15, 0.2) is 23.8 Å². The van der Waals surface area contributed by atoms with Crippen LogP contribution >= 0.6 is 11.3 Å². The molecule has 2 rings (SSSR count). The fraction of sp³-hybridized carbons (Fsp3) is 0.500. The second kappa shape index (κ2) is 6.02. The fourth-order valence-electron chi connectivity index (χ4n) is 2.14. The van der Waals surface area contributed by atoms with E-state index in [0.29, 0.717) is 0 Å². The highest BCUT2D eigenvalue weighted by Gasteiger charge is 2.19. The van der Waals surface area contributed by atoms with Crippen LogP contribution in [0.1, 0.15) is 55.6 Å². The average Bonchev–Trinajstić information content (AvgIpc) is 2.87. The summed E-state index contributed by atoms with van der Waals surface area (Å²) in [5.74, 6) is 0. The number of hydrogen-bond acceptors (Lipinski definition) is 4. The Morgan fingerprint density at radius 1 is 1.35 bits per heavy atom. The highest BCUT2D eigenvalue weighted by Crippen LogP contribution is 2.26. The number of nitrogens with two attached hydrogens (primary N) is 1. The summed E-state index contributed by atoms with van der Waals surface area (Å²) in [7, 11) is 0. The minimum atomic E-state index is -0.00748. The van der Waals surface area contributed by atoms with E-state index < -0.39 is 0 Å². The maximum absolute atomic E-state index is 6.36. The summed E-state index contributed by atoms with van der Waals surface area (Å²) in [5, 5.41) is 3.26. The minimum absolute atomic E-state index is 0.00748. The van der Waals surface area contributed by atoms with Gasteiger partial charge in [-0.15, -0.1) is 11.3 Å². The first kappa shape index (κ1) is 15.1. The molecule has 2 N–H and O–H groups in total. The lowest BCUT2D eigenvalue weighted by Gasteiger charge is -2.15. The molecule has 0 spiro atoms. The van der Waals surface area contributed by atoms with E-state index in [4.69, 9.17) is 10.7 Å². The van der Waals surface area contributed by atoms with Gasteiger partial charge in [0.15, 0.2) is 0 Å². The molecule has 0 amide bonds. The van der Waals surface area contributed by atoms with Crippen molar-refractivity contribution in [3.8, 4) is 0 Å². The van der Waals surface area contributed by atoms with E-state index >= 15 is 0 Å². The van der Waals surface area contributed by atoms with Gasteiger partial charge in [-0.1, -0.05) is 27.7 Å². The Morgan fingerprint density at radius 2 is 2.10 bits per heavy atom. The molecule has 2 aromatic rings.